The molecule has 0 saturated carbocycles. The van der Waals surface area contributed by atoms with Crippen molar-refractivity contribution in [2.45, 2.75) is 0 Å². The topological polar surface area (TPSA) is 13.1 Å². The Bertz CT molecular complexity index is 3430. The lowest BCUT2D eigenvalue weighted by atomic mass is 10.0. The Morgan fingerprint density at radius 3 is 1.38 bits per heavy atom. The van der Waals surface area contributed by atoms with Crippen LogP contribution >= 0.6 is 11.3 Å². The van der Waals surface area contributed by atoms with E-state index in [1.807, 2.05) is 11.3 Å². The Kier molecular flexibility index (Phi) is 7.40. The maximum Gasteiger partial charge on any atom is 0.0719 e. The molecule has 0 aliphatic rings. The lowest BCUT2D eigenvalue weighted by Crippen LogP contribution is -2.10. The molecular weight excluding hydrogens is 723 g/mol. The summed E-state index contributed by atoms with van der Waals surface area (Å²) in [5, 5.41) is 7.74. The van der Waals surface area contributed by atoms with Gasteiger partial charge in [-0.2, -0.15) is 0 Å². The number of hydrogen-bond donors (Lipinski definition) is 0. The van der Waals surface area contributed by atoms with Gasteiger partial charge >= 0.3 is 0 Å². The first-order valence-electron chi connectivity index (χ1n) is 19.8. The number of para-hydroxylation sites is 4. The van der Waals surface area contributed by atoms with E-state index >= 15 is 0 Å². The molecule has 12 rings (SSSR count). The molecule has 0 unspecified atom stereocenters. The average molecular weight is 758 g/mol. The molecule has 0 saturated heterocycles. The summed E-state index contributed by atoms with van der Waals surface area (Å²) in [5.74, 6) is 0. The molecule has 0 atom stereocenters. The fourth-order valence-electron chi connectivity index (χ4n) is 9.08. The predicted octanol–water partition coefficient (Wildman–Crippen LogP) is 15.4. The van der Waals surface area contributed by atoms with Crippen LogP contribution in [0.2, 0.25) is 0 Å². The van der Waals surface area contributed by atoms with Crippen LogP contribution < -0.4 is 4.90 Å². The number of rotatable bonds is 6. The van der Waals surface area contributed by atoms with Gasteiger partial charge in [0.05, 0.1) is 26.8 Å². The number of aromatic nitrogens is 2. The molecule has 3 nitrogen and oxygen atoms in total. The van der Waals surface area contributed by atoms with Gasteiger partial charge in [-0.1, -0.05) is 127 Å². The molecule has 272 valence electrons. The maximum atomic E-state index is 2.46. The van der Waals surface area contributed by atoms with Crippen molar-refractivity contribution < 1.29 is 0 Å². The minimum Gasteiger partial charge on any atom is -0.311 e. The van der Waals surface area contributed by atoms with Crippen molar-refractivity contribution in [3.63, 3.8) is 0 Å². The van der Waals surface area contributed by atoms with Crippen LogP contribution in [0.4, 0.5) is 17.1 Å². The molecule has 0 aliphatic carbocycles. The van der Waals surface area contributed by atoms with Crippen molar-refractivity contribution in [3.8, 4) is 22.5 Å². The van der Waals surface area contributed by atoms with Gasteiger partial charge < -0.3 is 14.0 Å². The van der Waals surface area contributed by atoms with Gasteiger partial charge in [-0.05, 0) is 96.1 Å². The summed E-state index contributed by atoms with van der Waals surface area (Å²) in [6.45, 7) is 0. The minimum absolute atomic E-state index is 1.10. The highest BCUT2D eigenvalue weighted by Crippen LogP contribution is 2.43. The van der Waals surface area contributed by atoms with Crippen LogP contribution in [-0.2, 0) is 0 Å². The highest BCUT2D eigenvalue weighted by Gasteiger charge is 2.19. The first kappa shape index (κ1) is 32.8. The van der Waals surface area contributed by atoms with E-state index < -0.39 is 0 Å². The zero-order valence-electron chi connectivity index (χ0n) is 31.5. The molecule has 58 heavy (non-hydrogen) atoms. The van der Waals surface area contributed by atoms with E-state index in [1.54, 1.807) is 0 Å². The van der Waals surface area contributed by atoms with Crippen molar-refractivity contribution in [3.05, 3.63) is 212 Å². The Labute approximate surface area is 339 Å². The van der Waals surface area contributed by atoms with E-state index in [0.717, 1.165) is 28.4 Å². The number of nitrogens with zero attached hydrogens (tertiary/aromatic N) is 3. The summed E-state index contributed by atoms with van der Waals surface area (Å²) < 4.78 is 7.48. The largest absolute Gasteiger partial charge is 0.311 e. The molecule has 9 aromatic carbocycles. The van der Waals surface area contributed by atoms with Gasteiger partial charge in [0.1, 0.15) is 0 Å². The Morgan fingerprint density at radius 2 is 0.741 bits per heavy atom. The first-order valence-corrected chi connectivity index (χ1v) is 20.6. The second kappa shape index (κ2) is 13.1. The van der Waals surface area contributed by atoms with Crippen LogP contribution in [0, 0.1) is 0 Å². The quantitative estimate of drug-likeness (QED) is 0.165. The second-order valence-electron chi connectivity index (χ2n) is 14.9. The lowest BCUT2D eigenvalue weighted by molar-refractivity contribution is 1.17. The zero-order valence-corrected chi connectivity index (χ0v) is 32.3. The Hall–Kier alpha value is -7.40. The molecular formula is C54H35N3S. The Morgan fingerprint density at radius 1 is 0.310 bits per heavy atom. The van der Waals surface area contributed by atoms with Gasteiger partial charge in [0.15, 0.2) is 0 Å². The van der Waals surface area contributed by atoms with Crippen molar-refractivity contribution >= 4 is 92.2 Å². The molecule has 0 radical (unpaired) electrons. The van der Waals surface area contributed by atoms with E-state index in [4.69, 9.17) is 0 Å². The van der Waals surface area contributed by atoms with Gasteiger partial charge in [-0.3, -0.25) is 0 Å². The molecule has 0 bridgehead atoms. The van der Waals surface area contributed by atoms with Crippen molar-refractivity contribution in [2.24, 2.45) is 0 Å². The molecule has 0 spiro atoms. The van der Waals surface area contributed by atoms with E-state index in [2.05, 4.69) is 226 Å². The van der Waals surface area contributed by atoms with E-state index in [9.17, 15) is 0 Å². The molecule has 0 N–H and O–H groups in total. The summed E-state index contributed by atoms with van der Waals surface area (Å²) in [5.41, 5.74) is 12.9. The molecule has 0 amide bonds. The van der Waals surface area contributed by atoms with Crippen LogP contribution in [0.15, 0.2) is 212 Å². The number of benzene rings is 9. The van der Waals surface area contributed by atoms with Crippen molar-refractivity contribution in [2.75, 3.05) is 4.90 Å². The van der Waals surface area contributed by atoms with Crippen molar-refractivity contribution in [1.29, 1.82) is 0 Å². The average Bonchev–Trinajstić information content (AvgIpc) is 3.96. The fraction of sp³-hybridized carbons (Fsp3) is 0. The van der Waals surface area contributed by atoms with E-state index in [-0.39, 0.29) is 0 Å². The molecule has 0 fully saturated rings. The summed E-state index contributed by atoms with van der Waals surface area (Å²) in [7, 11) is 0. The smallest absolute Gasteiger partial charge is 0.0719 e. The highest BCUT2D eigenvalue weighted by atomic mass is 32.1. The monoisotopic (exact) mass is 757 g/mol. The molecule has 3 aromatic heterocycles. The van der Waals surface area contributed by atoms with Crippen molar-refractivity contribution in [1.82, 2.24) is 9.13 Å². The highest BCUT2D eigenvalue weighted by molar-refractivity contribution is 7.26. The zero-order chi connectivity index (χ0) is 38.2. The maximum absolute atomic E-state index is 2.46. The summed E-state index contributed by atoms with van der Waals surface area (Å²) in [6.07, 6.45) is 0. The summed E-state index contributed by atoms with van der Waals surface area (Å²) in [4.78, 5) is 2.33. The van der Waals surface area contributed by atoms with Gasteiger partial charge in [0.25, 0.3) is 0 Å². The molecule has 4 heteroatoms. The molecule has 3 heterocycles. The van der Waals surface area contributed by atoms with Gasteiger partial charge in [0, 0.05) is 65.5 Å². The third-order valence-corrected chi connectivity index (χ3v) is 12.9. The first-order chi connectivity index (χ1) is 28.8. The van der Waals surface area contributed by atoms with Gasteiger partial charge in [-0.15, -0.1) is 11.3 Å². The minimum atomic E-state index is 1.10. The normalized spacial score (nSPS) is 11.8. The van der Waals surface area contributed by atoms with E-state index in [0.29, 0.717) is 0 Å². The lowest BCUT2D eigenvalue weighted by Gasteiger charge is -2.26. The molecule has 12 aromatic rings. The number of hydrogen-bond acceptors (Lipinski definition) is 2. The van der Waals surface area contributed by atoms with Crippen LogP contribution in [0.25, 0.3) is 86.3 Å². The number of thiophene rings is 1. The number of fused-ring (bicyclic) bond motifs is 10. The summed E-state index contributed by atoms with van der Waals surface area (Å²) in [6, 6.07) is 77.1. The Balaban J connectivity index is 0.907. The third-order valence-electron chi connectivity index (χ3n) is 11.7. The van der Waals surface area contributed by atoms with Crippen LogP contribution in [0.3, 0.4) is 0 Å². The predicted molar refractivity (Wildman–Crippen MR) is 248 cm³/mol. The summed E-state index contributed by atoms with van der Waals surface area (Å²) >= 11 is 1.89. The second-order valence-corrected chi connectivity index (χ2v) is 16.0. The van der Waals surface area contributed by atoms with Crippen LogP contribution in [-0.4, -0.2) is 9.13 Å². The fourth-order valence-corrected chi connectivity index (χ4v) is 10.3. The van der Waals surface area contributed by atoms with E-state index in [1.165, 1.54) is 74.9 Å². The van der Waals surface area contributed by atoms with Gasteiger partial charge in [0.2, 0.25) is 0 Å². The molecule has 0 aliphatic heterocycles. The standard InChI is InChI=1S/C54H35N3S/c1-2-12-38(13-3-1)55(40-30-32-41(33-31-40)56-49-18-8-4-14-43(49)44-15-5-9-19-50(44)56)39-26-22-36(23-27-39)37-24-28-42(29-25-37)57-51-20-10-6-16-45(51)47-34-35-48-46-17-7-11-21-52(46)58-54(48)53(47)57/h1-35H. The SMILES string of the molecule is c1ccc(N(c2ccc(-c3ccc(-n4c5ccccc5c5ccc6c7ccccc7sc6c54)cc3)cc2)c2ccc(-n3c4ccccc4c4ccccc43)cc2)cc1. The number of anilines is 3. The third kappa shape index (κ3) is 5.05. The van der Waals surface area contributed by atoms with Crippen LogP contribution in [0.1, 0.15) is 0 Å². The van der Waals surface area contributed by atoms with Gasteiger partial charge in [-0.25, -0.2) is 0 Å². The van der Waals surface area contributed by atoms with Crippen LogP contribution in [0.5, 0.6) is 0 Å².